The molecule has 1 aliphatic heterocycles. The lowest BCUT2D eigenvalue weighted by Crippen LogP contribution is -2.40. The Kier molecular flexibility index (Phi) is 5.46. The normalized spacial score (nSPS) is 17.7. The Bertz CT molecular complexity index is 640. The Balaban J connectivity index is 1.45. The topological polar surface area (TPSA) is 60.2 Å². The molecule has 3 rings (SSSR count). The van der Waals surface area contributed by atoms with E-state index in [9.17, 15) is 4.79 Å². The monoisotopic (exact) mass is 328 g/mol. The van der Waals surface area contributed by atoms with Gasteiger partial charge < -0.3 is 9.64 Å². The molecule has 0 N–H and O–H groups in total. The standard InChI is InChI=1S/C18H24N4O2/c1-24-17-9-7-15(8-10-17)4-2-6-18(23)21-11-3-5-16(12-21)22-14-19-13-20-22/h7-10,13-14,16H,2-6,11-12H2,1H3/t16-/m1/s1. The van der Waals surface area contributed by atoms with E-state index < -0.39 is 0 Å². The lowest BCUT2D eigenvalue weighted by Gasteiger charge is -2.32. The highest BCUT2D eigenvalue weighted by atomic mass is 16.5. The summed E-state index contributed by atoms with van der Waals surface area (Å²) in [5.41, 5.74) is 1.24. The molecule has 0 bridgehead atoms. The van der Waals surface area contributed by atoms with Gasteiger partial charge in [0.2, 0.25) is 5.91 Å². The van der Waals surface area contributed by atoms with Crippen LogP contribution in [0.5, 0.6) is 5.75 Å². The SMILES string of the molecule is COc1ccc(CCCC(=O)N2CCC[C@@H](n3cncn3)C2)cc1. The molecule has 2 heterocycles. The summed E-state index contributed by atoms with van der Waals surface area (Å²) in [5.74, 6) is 1.11. The molecule has 6 heteroatoms. The van der Waals surface area contributed by atoms with Crippen molar-refractivity contribution in [3.05, 3.63) is 42.5 Å². The van der Waals surface area contributed by atoms with Gasteiger partial charge in [-0.05, 0) is 43.4 Å². The lowest BCUT2D eigenvalue weighted by atomic mass is 10.0. The van der Waals surface area contributed by atoms with E-state index in [4.69, 9.17) is 4.74 Å². The van der Waals surface area contributed by atoms with Crippen LogP contribution in [-0.4, -0.2) is 45.8 Å². The van der Waals surface area contributed by atoms with Crippen LogP contribution in [0.4, 0.5) is 0 Å². The first-order chi connectivity index (χ1) is 11.8. The van der Waals surface area contributed by atoms with Crippen molar-refractivity contribution in [1.29, 1.82) is 0 Å². The summed E-state index contributed by atoms with van der Waals surface area (Å²) in [6.45, 7) is 1.59. The number of rotatable bonds is 6. The van der Waals surface area contributed by atoms with Crippen molar-refractivity contribution in [2.75, 3.05) is 20.2 Å². The fourth-order valence-corrected chi connectivity index (χ4v) is 3.20. The number of likely N-dealkylation sites (tertiary alicyclic amines) is 1. The Morgan fingerprint density at radius 3 is 2.88 bits per heavy atom. The number of hydrogen-bond donors (Lipinski definition) is 0. The number of aryl methyl sites for hydroxylation is 1. The summed E-state index contributed by atoms with van der Waals surface area (Å²) >= 11 is 0. The minimum atomic E-state index is 0.244. The first-order valence-corrected chi connectivity index (χ1v) is 8.51. The van der Waals surface area contributed by atoms with Crippen molar-refractivity contribution >= 4 is 5.91 Å². The third-order valence-corrected chi connectivity index (χ3v) is 4.58. The van der Waals surface area contributed by atoms with Crippen LogP contribution in [0.2, 0.25) is 0 Å². The number of piperidine rings is 1. The van der Waals surface area contributed by atoms with Crippen molar-refractivity contribution in [3.63, 3.8) is 0 Å². The Morgan fingerprint density at radius 1 is 1.33 bits per heavy atom. The maximum Gasteiger partial charge on any atom is 0.222 e. The summed E-state index contributed by atoms with van der Waals surface area (Å²) in [5, 5.41) is 4.21. The molecule has 1 aliphatic rings. The highest BCUT2D eigenvalue weighted by Crippen LogP contribution is 2.21. The third-order valence-electron chi connectivity index (χ3n) is 4.58. The quantitative estimate of drug-likeness (QED) is 0.817. The molecule has 24 heavy (non-hydrogen) atoms. The maximum atomic E-state index is 12.5. The second kappa shape index (κ2) is 7.95. The Labute approximate surface area is 142 Å². The number of methoxy groups -OCH3 is 1. The number of benzene rings is 1. The van der Waals surface area contributed by atoms with E-state index in [1.54, 1.807) is 19.8 Å². The van der Waals surface area contributed by atoms with E-state index >= 15 is 0 Å². The molecule has 1 aromatic heterocycles. The fraction of sp³-hybridized carbons (Fsp3) is 0.500. The average molecular weight is 328 g/mol. The molecule has 1 saturated heterocycles. The molecule has 0 unspecified atom stereocenters. The maximum absolute atomic E-state index is 12.5. The number of carbonyl (C=O) groups excluding carboxylic acids is 1. The third kappa shape index (κ3) is 4.13. The zero-order chi connectivity index (χ0) is 16.8. The molecule has 1 amide bonds. The largest absolute Gasteiger partial charge is 0.497 e. The lowest BCUT2D eigenvalue weighted by molar-refractivity contribution is -0.133. The Hall–Kier alpha value is -2.37. The van der Waals surface area contributed by atoms with Crippen LogP contribution in [0, 0.1) is 0 Å². The van der Waals surface area contributed by atoms with E-state index in [0.717, 1.165) is 44.5 Å². The first-order valence-electron chi connectivity index (χ1n) is 8.51. The van der Waals surface area contributed by atoms with Gasteiger partial charge in [0.15, 0.2) is 0 Å². The van der Waals surface area contributed by atoms with Gasteiger partial charge in [0, 0.05) is 19.5 Å². The molecule has 128 valence electrons. The average Bonchev–Trinajstić information content (AvgIpc) is 3.17. The highest BCUT2D eigenvalue weighted by molar-refractivity contribution is 5.76. The van der Waals surface area contributed by atoms with E-state index in [1.807, 2.05) is 21.7 Å². The van der Waals surface area contributed by atoms with E-state index in [0.29, 0.717) is 6.42 Å². The van der Waals surface area contributed by atoms with E-state index in [-0.39, 0.29) is 11.9 Å². The van der Waals surface area contributed by atoms with Crippen LogP contribution in [0.3, 0.4) is 0 Å². The zero-order valence-corrected chi connectivity index (χ0v) is 14.1. The predicted molar refractivity (Wildman–Crippen MR) is 90.8 cm³/mol. The van der Waals surface area contributed by atoms with Gasteiger partial charge in [0.1, 0.15) is 18.4 Å². The van der Waals surface area contributed by atoms with Crippen molar-refractivity contribution in [2.24, 2.45) is 0 Å². The molecule has 0 spiro atoms. The smallest absolute Gasteiger partial charge is 0.222 e. The van der Waals surface area contributed by atoms with Crippen LogP contribution in [0.1, 0.15) is 37.3 Å². The van der Waals surface area contributed by atoms with Crippen LogP contribution in [-0.2, 0) is 11.2 Å². The molecular weight excluding hydrogens is 304 g/mol. The molecule has 1 fully saturated rings. The molecule has 2 aromatic rings. The zero-order valence-electron chi connectivity index (χ0n) is 14.1. The van der Waals surface area contributed by atoms with Gasteiger partial charge in [-0.25, -0.2) is 9.67 Å². The summed E-state index contributed by atoms with van der Waals surface area (Å²) in [7, 11) is 1.67. The van der Waals surface area contributed by atoms with Crippen molar-refractivity contribution in [2.45, 2.75) is 38.1 Å². The van der Waals surface area contributed by atoms with Crippen molar-refractivity contribution in [1.82, 2.24) is 19.7 Å². The summed E-state index contributed by atoms with van der Waals surface area (Å²) < 4.78 is 7.03. The number of aromatic nitrogens is 3. The first kappa shape index (κ1) is 16.5. The predicted octanol–water partition coefficient (Wildman–Crippen LogP) is 2.47. The van der Waals surface area contributed by atoms with Crippen LogP contribution < -0.4 is 4.74 Å². The molecule has 0 saturated carbocycles. The second-order valence-corrected chi connectivity index (χ2v) is 6.21. The molecule has 0 radical (unpaired) electrons. The number of amides is 1. The minimum absolute atomic E-state index is 0.244. The van der Waals surface area contributed by atoms with Gasteiger partial charge in [-0.15, -0.1) is 0 Å². The summed E-state index contributed by atoms with van der Waals surface area (Å²) in [6.07, 6.45) is 7.74. The molecule has 6 nitrogen and oxygen atoms in total. The summed E-state index contributed by atoms with van der Waals surface area (Å²) in [6, 6.07) is 8.30. The second-order valence-electron chi connectivity index (χ2n) is 6.21. The van der Waals surface area contributed by atoms with Crippen LogP contribution >= 0.6 is 0 Å². The molecule has 1 aromatic carbocycles. The van der Waals surface area contributed by atoms with Gasteiger partial charge in [0.25, 0.3) is 0 Å². The van der Waals surface area contributed by atoms with E-state index in [1.165, 1.54) is 5.56 Å². The molecule has 1 atom stereocenters. The van der Waals surface area contributed by atoms with Gasteiger partial charge in [-0.3, -0.25) is 4.79 Å². The number of carbonyl (C=O) groups is 1. The Morgan fingerprint density at radius 2 is 2.17 bits per heavy atom. The number of hydrogen-bond acceptors (Lipinski definition) is 4. The summed E-state index contributed by atoms with van der Waals surface area (Å²) in [4.78, 5) is 18.4. The van der Waals surface area contributed by atoms with Gasteiger partial charge in [-0.1, -0.05) is 12.1 Å². The molecular formula is C18H24N4O2. The fourth-order valence-electron chi connectivity index (χ4n) is 3.20. The van der Waals surface area contributed by atoms with E-state index in [2.05, 4.69) is 22.2 Å². The van der Waals surface area contributed by atoms with Crippen molar-refractivity contribution in [3.8, 4) is 5.75 Å². The minimum Gasteiger partial charge on any atom is -0.497 e. The van der Waals surface area contributed by atoms with Crippen LogP contribution in [0.15, 0.2) is 36.9 Å². The van der Waals surface area contributed by atoms with Crippen LogP contribution in [0.25, 0.3) is 0 Å². The molecule has 0 aliphatic carbocycles. The number of nitrogens with zero attached hydrogens (tertiary/aromatic N) is 4. The van der Waals surface area contributed by atoms with Crippen molar-refractivity contribution < 1.29 is 9.53 Å². The highest BCUT2D eigenvalue weighted by Gasteiger charge is 2.24. The van der Waals surface area contributed by atoms with Gasteiger partial charge in [-0.2, -0.15) is 5.10 Å². The van der Waals surface area contributed by atoms with Gasteiger partial charge in [0.05, 0.1) is 13.2 Å². The van der Waals surface area contributed by atoms with Gasteiger partial charge >= 0.3 is 0 Å². The number of ether oxygens (including phenoxy) is 1.